The SMILES string of the molecule is C=C(NC(=C/C)/N=C(\C)c1cccnc1)Nc1nc(-c2ccccc2)cs1. The van der Waals surface area contributed by atoms with Crippen LogP contribution in [0.25, 0.3) is 11.3 Å². The standard InChI is InChI=1S/C21H21N5S/c1-4-20(23-15(2)18-11-8-12-22-13-18)24-16(3)25-21-26-19(14-27-21)17-9-6-5-7-10-17/h4-14,24H,3H2,1-2H3,(H,25,26)/b20-4+,23-15+. The normalized spacial score (nSPS) is 11.9. The molecule has 0 aliphatic heterocycles. The van der Waals surface area contributed by atoms with Gasteiger partial charge in [-0.3, -0.25) is 4.98 Å². The molecule has 0 atom stereocenters. The zero-order chi connectivity index (χ0) is 19.1. The summed E-state index contributed by atoms with van der Waals surface area (Å²) in [5.74, 6) is 1.31. The number of allylic oxidation sites excluding steroid dienone is 1. The summed E-state index contributed by atoms with van der Waals surface area (Å²) in [4.78, 5) is 13.3. The van der Waals surface area contributed by atoms with Gasteiger partial charge in [0.15, 0.2) is 5.13 Å². The predicted molar refractivity (Wildman–Crippen MR) is 114 cm³/mol. The fourth-order valence-electron chi connectivity index (χ4n) is 2.37. The predicted octanol–water partition coefficient (Wildman–Crippen LogP) is 5.05. The number of hydrogen-bond donors (Lipinski definition) is 2. The molecule has 0 aliphatic rings. The fraction of sp³-hybridized carbons (Fsp3) is 0.0952. The average Bonchev–Trinajstić information content (AvgIpc) is 3.17. The molecular formula is C21H21N5S. The molecule has 1 aromatic carbocycles. The van der Waals surface area contributed by atoms with E-state index in [0.717, 1.165) is 27.7 Å². The molecule has 3 aromatic rings. The third-order valence-corrected chi connectivity index (χ3v) is 4.51. The van der Waals surface area contributed by atoms with Gasteiger partial charge < -0.3 is 10.6 Å². The number of thiazole rings is 1. The van der Waals surface area contributed by atoms with Crippen molar-refractivity contribution in [1.82, 2.24) is 15.3 Å². The van der Waals surface area contributed by atoms with Crippen molar-refractivity contribution >= 4 is 22.2 Å². The van der Waals surface area contributed by atoms with E-state index in [4.69, 9.17) is 0 Å². The van der Waals surface area contributed by atoms with E-state index in [2.05, 4.69) is 32.2 Å². The van der Waals surface area contributed by atoms with Crippen LogP contribution in [0.5, 0.6) is 0 Å². The van der Waals surface area contributed by atoms with Gasteiger partial charge in [0.2, 0.25) is 0 Å². The summed E-state index contributed by atoms with van der Waals surface area (Å²) in [7, 11) is 0. The molecule has 0 saturated heterocycles. The minimum Gasteiger partial charge on any atom is -0.327 e. The highest BCUT2D eigenvalue weighted by Crippen LogP contribution is 2.25. The smallest absolute Gasteiger partial charge is 0.188 e. The van der Waals surface area contributed by atoms with Crippen LogP contribution in [0.15, 0.2) is 89.5 Å². The first-order chi connectivity index (χ1) is 13.2. The van der Waals surface area contributed by atoms with Crippen molar-refractivity contribution in [2.45, 2.75) is 13.8 Å². The lowest BCUT2D eigenvalue weighted by Gasteiger charge is -2.11. The minimum atomic E-state index is 0.611. The van der Waals surface area contributed by atoms with Crippen molar-refractivity contribution in [3.63, 3.8) is 0 Å². The van der Waals surface area contributed by atoms with Gasteiger partial charge in [-0.2, -0.15) is 0 Å². The lowest BCUT2D eigenvalue weighted by molar-refractivity contribution is 0.951. The number of nitrogens with zero attached hydrogens (tertiary/aromatic N) is 3. The van der Waals surface area contributed by atoms with Crippen molar-refractivity contribution in [3.05, 3.63) is 90.1 Å². The fourth-order valence-corrected chi connectivity index (χ4v) is 3.12. The molecule has 27 heavy (non-hydrogen) atoms. The number of nitrogens with one attached hydrogen (secondary N) is 2. The van der Waals surface area contributed by atoms with Gasteiger partial charge in [0, 0.05) is 34.6 Å². The van der Waals surface area contributed by atoms with Crippen LogP contribution in [0.4, 0.5) is 5.13 Å². The summed E-state index contributed by atoms with van der Waals surface area (Å²) in [5.41, 5.74) is 3.88. The molecule has 2 heterocycles. The number of aliphatic imine (C=N–C) groups is 1. The Balaban J connectivity index is 1.64. The molecule has 6 heteroatoms. The topological polar surface area (TPSA) is 62.2 Å². The van der Waals surface area contributed by atoms with Crippen molar-refractivity contribution in [2.24, 2.45) is 4.99 Å². The van der Waals surface area contributed by atoms with E-state index >= 15 is 0 Å². The Hall–Kier alpha value is -3.25. The molecule has 0 unspecified atom stereocenters. The van der Waals surface area contributed by atoms with Gasteiger partial charge in [-0.05, 0) is 26.0 Å². The van der Waals surface area contributed by atoms with Crippen LogP contribution < -0.4 is 10.6 Å². The van der Waals surface area contributed by atoms with Crippen molar-refractivity contribution < 1.29 is 0 Å². The van der Waals surface area contributed by atoms with Crippen LogP contribution >= 0.6 is 11.3 Å². The third-order valence-electron chi connectivity index (χ3n) is 3.75. The van der Waals surface area contributed by atoms with E-state index in [0.29, 0.717) is 11.6 Å². The first-order valence-electron chi connectivity index (χ1n) is 8.51. The van der Waals surface area contributed by atoms with Crippen LogP contribution in [-0.2, 0) is 0 Å². The van der Waals surface area contributed by atoms with Crippen LogP contribution in [0, 0.1) is 0 Å². The van der Waals surface area contributed by atoms with Crippen molar-refractivity contribution in [1.29, 1.82) is 0 Å². The van der Waals surface area contributed by atoms with E-state index in [1.165, 1.54) is 11.3 Å². The maximum Gasteiger partial charge on any atom is 0.188 e. The molecule has 0 saturated carbocycles. The van der Waals surface area contributed by atoms with E-state index in [1.807, 2.05) is 67.8 Å². The first kappa shape index (κ1) is 18.5. The number of anilines is 1. The summed E-state index contributed by atoms with van der Waals surface area (Å²) in [6, 6.07) is 14.0. The Bertz CT molecular complexity index is 959. The Morgan fingerprint density at radius 2 is 2.00 bits per heavy atom. The van der Waals surface area contributed by atoms with E-state index in [9.17, 15) is 0 Å². The second kappa shape index (κ2) is 8.91. The third kappa shape index (κ3) is 5.12. The molecule has 0 radical (unpaired) electrons. The molecular weight excluding hydrogens is 354 g/mol. The summed E-state index contributed by atoms with van der Waals surface area (Å²) in [5, 5.41) is 9.16. The summed E-state index contributed by atoms with van der Waals surface area (Å²) in [6.45, 7) is 7.89. The highest BCUT2D eigenvalue weighted by Gasteiger charge is 2.06. The minimum absolute atomic E-state index is 0.611. The Morgan fingerprint density at radius 3 is 2.70 bits per heavy atom. The number of benzene rings is 1. The zero-order valence-electron chi connectivity index (χ0n) is 15.3. The molecule has 0 fully saturated rings. The Labute approximate surface area is 163 Å². The highest BCUT2D eigenvalue weighted by atomic mass is 32.1. The van der Waals surface area contributed by atoms with Crippen LogP contribution in [0.3, 0.4) is 0 Å². The monoisotopic (exact) mass is 375 g/mol. The Morgan fingerprint density at radius 1 is 1.19 bits per heavy atom. The highest BCUT2D eigenvalue weighted by molar-refractivity contribution is 7.14. The number of aromatic nitrogens is 2. The lowest BCUT2D eigenvalue weighted by atomic mass is 10.2. The van der Waals surface area contributed by atoms with Crippen LogP contribution in [0.1, 0.15) is 19.4 Å². The maximum absolute atomic E-state index is 4.61. The quantitative estimate of drug-likeness (QED) is 0.567. The lowest BCUT2D eigenvalue weighted by Crippen LogP contribution is -2.18. The summed E-state index contributed by atoms with van der Waals surface area (Å²) >= 11 is 1.53. The second-order valence-electron chi connectivity index (χ2n) is 5.75. The molecule has 5 nitrogen and oxygen atoms in total. The summed E-state index contributed by atoms with van der Waals surface area (Å²) in [6.07, 6.45) is 5.43. The van der Waals surface area contributed by atoms with Gasteiger partial charge in [0.1, 0.15) is 11.6 Å². The molecule has 0 aliphatic carbocycles. The molecule has 2 aromatic heterocycles. The second-order valence-corrected chi connectivity index (χ2v) is 6.60. The van der Waals surface area contributed by atoms with Crippen molar-refractivity contribution in [3.8, 4) is 11.3 Å². The molecule has 136 valence electrons. The molecule has 3 rings (SSSR count). The summed E-state index contributed by atoms with van der Waals surface area (Å²) < 4.78 is 0. The van der Waals surface area contributed by atoms with Crippen molar-refractivity contribution in [2.75, 3.05) is 5.32 Å². The van der Waals surface area contributed by atoms with Gasteiger partial charge in [0.25, 0.3) is 0 Å². The average molecular weight is 376 g/mol. The van der Waals surface area contributed by atoms with Crippen LogP contribution in [0.2, 0.25) is 0 Å². The Kier molecular flexibility index (Phi) is 6.12. The van der Waals surface area contributed by atoms with Gasteiger partial charge in [-0.15, -0.1) is 11.3 Å². The number of rotatable bonds is 7. The molecule has 0 bridgehead atoms. The maximum atomic E-state index is 4.61. The number of pyridine rings is 1. The van der Waals surface area contributed by atoms with Gasteiger partial charge in [-0.1, -0.05) is 43.0 Å². The van der Waals surface area contributed by atoms with E-state index in [-0.39, 0.29) is 0 Å². The number of hydrogen-bond acceptors (Lipinski definition) is 6. The van der Waals surface area contributed by atoms with Gasteiger partial charge >= 0.3 is 0 Å². The largest absolute Gasteiger partial charge is 0.327 e. The van der Waals surface area contributed by atoms with Gasteiger partial charge in [0.05, 0.1) is 5.69 Å². The zero-order valence-corrected chi connectivity index (χ0v) is 16.1. The first-order valence-corrected chi connectivity index (χ1v) is 9.39. The molecule has 0 amide bonds. The van der Waals surface area contributed by atoms with E-state index < -0.39 is 0 Å². The van der Waals surface area contributed by atoms with E-state index in [1.54, 1.807) is 12.4 Å². The van der Waals surface area contributed by atoms with Crippen LogP contribution in [-0.4, -0.2) is 15.7 Å². The van der Waals surface area contributed by atoms with Gasteiger partial charge in [-0.25, -0.2) is 9.98 Å². The molecule has 0 spiro atoms. The molecule has 2 N–H and O–H groups in total.